The first kappa shape index (κ1) is 25.3. The molecule has 1 amide bonds. The van der Waals surface area contributed by atoms with Gasteiger partial charge in [0.25, 0.3) is 0 Å². The summed E-state index contributed by atoms with van der Waals surface area (Å²) >= 11 is 0. The van der Waals surface area contributed by atoms with Gasteiger partial charge in [-0.1, -0.05) is 42.5 Å². The smallest absolute Gasteiger partial charge is 0.246 e. The Balaban J connectivity index is 1.51. The van der Waals surface area contributed by atoms with E-state index in [1.807, 2.05) is 18.2 Å². The van der Waals surface area contributed by atoms with Crippen LogP contribution in [0.5, 0.6) is 0 Å². The van der Waals surface area contributed by atoms with E-state index in [1.54, 1.807) is 12.0 Å². The SMILES string of the molecule is COCCN(CCCc1ccccc1)CC(=O)N1CCN(S(=O)(=O)c2ccccc2F)CC1. The molecule has 0 aromatic heterocycles. The van der Waals surface area contributed by atoms with E-state index in [-0.39, 0.29) is 43.5 Å². The molecular formula is C24H32FN3O4S. The zero-order chi connectivity index (χ0) is 23.7. The van der Waals surface area contributed by atoms with E-state index >= 15 is 0 Å². The molecule has 2 aromatic carbocycles. The largest absolute Gasteiger partial charge is 0.383 e. The van der Waals surface area contributed by atoms with E-state index in [9.17, 15) is 17.6 Å². The molecule has 0 N–H and O–H groups in total. The number of hydrogen-bond acceptors (Lipinski definition) is 5. The Morgan fingerprint density at radius 2 is 1.67 bits per heavy atom. The fourth-order valence-corrected chi connectivity index (χ4v) is 5.39. The Morgan fingerprint density at radius 1 is 1.00 bits per heavy atom. The lowest BCUT2D eigenvalue weighted by atomic mass is 10.1. The van der Waals surface area contributed by atoms with Crippen LogP contribution >= 0.6 is 0 Å². The first-order chi connectivity index (χ1) is 15.9. The third-order valence-electron chi connectivity index (χ3n) is 5.80. The number of halogens is 1. The molecule has 9 heteroatoms. The van der Waals surface area contributed by atoms with Crippen molar-refractivity contribution in [1.29, 1.82) is 0 Å². The number of piperazine rings is 1. The van der Waals surface area contributed by atoms with Gasteiger partial charge in [0.05, 0.1) is 13.2 Å². The second-order valence-electron chi connectivity index (χ2n) is 8.07. The van der Waals surface area contributed by atoms with E-state index in [4.69, 9.17) is 4.74 Å². The summed E-state index contributed by atoms with van der Waals surface area (Å²) in [6.45, 7) is 3.09. The van der Waals surface area contributed by atoms with Crippen LogP contribution in [0.2, 0.25) is 0 Å². The number of sulfonamides is 1. The van der Waals surface area contributed by atoms with E-state index in [0.717, 1.165) is 25.5 Å². The van der Waals surface area contributed by atoms with Crippen molar-refractivity contribution in [2.24, 2.45) is 0 Å². The van der Waals surface area contributed by atoms with Crippen molar-refractivity contribution < 1.29 is 22.3 Å². The minimum Gasteiger partial charge on any atom is -0.383 e. The fourth-order valence-electron chi connectivity index (χ4n) is 3.90. The van der Waals surface area contributed by atoms with Gasteiger partial charge >= 0.3 is 0 Å². The molecule has 180 valence electrons. The molecule has 0 saturated carbocycles. The highest BCUT2D eigenvalue weighted by Crippen LogP contribution is 2.20. The highest BCUT2D eigenvalue weighted by molar-refractivity contribution is 7.89. The number of nitrogens with zero attached hydrogens (tertiary/aromatic N) is 3. The number of hydrogen-bond donors (Lipinski definition) is 0. The standard InChI is InChI=1S/C24H32FN3O4S/c1-32-19-18-26(13-7-10-21-8-3-2-4-9-21)20-24(29)27-14-16-28(17-15-27)33(30,31)23-12-6-5-11-22(23)25/h2-6,8-9,11-12H,7,10,13-20H2,1H3. The normalized spacial score (nSPS) is 15.2. The maximum Gasteiger partial charge on any atom is 0.246 e. The van der Waals surface area contributed by atoms with Gasteiger partial charge in [-0.3, -0.25) is 9.69 Å². The van der Waals surface area contributed by atoms with E-state index < -0.39 is 15.8 Å². The summed E-state index contributed by atoms with van der Waals surface area (Å²) in [5.74, 6) is -0.797. The number of carbonyl (C=O) groups excluding carboxylic acids is 1. The molecule has 7 nitrogen and oxygen atoms in total. The van der Waals surface area contributed by atoms with Crippen LogP contribution in [-0.2, 0) is 26.0 Å². The highest BCUT2D eigenvalue weighted by Gasteiger charge is 2.32. The molecule has 1 aliphatic heterocycles. The molecule has 1 aliphatic rings. The van der Waals surface area contributed by atoms with Crippen LogP contribution in [0.1, 0.15) is 12.0 Å². The number of carbonyl (C=O) groups is 1. The van der Waals surface area contributed by atoms with Gasteiger partial charge in [0.1, 0.15) is 10.7 Å². The molecule has 1 fully saturated rings. The Bertz CT molecular complexity index is 996. The third-order valence-corrected chi connectivity index (χ3v) is 7.73. The van der Waals surface area contributed by atoms with Crippen molar-refractivity contribution in [3.05, 3.63) is 66.0 Å². The highest BCUT2D eigenvalue weighted by atomic mass is 32.2. The van der Waals surface area contributed by atoms with Gasteiger partial charge in [0.2, 0.25) is 15.9 Å². The van der Waals surface area contributed by atoms with Gasteiger partial charge in [0, 0.05) is 39.8 Å². The van der Waals surface area contributed by atoms with Crippen LogP contribution in [0.3, 0.4) is 0 Å². The minimum atomic E-state index is -3.92. The predicted octanol–water partition coefficient (Wildman–Crippen LogP) is 2.24. The predicted molar refractivity (Wildman–Crippen MR) is 125 cm³/mol. The van der Waals surface area contributed by atoms with Crippen LogP contribution in [0.4, 0.5) is 4.39 Å². The summed E-state index contributed by atoms with van der Waals surface area (Å²) in [6.07, 6.45) is 1.86. The average molecular weight is 478 g/mol. The zero-order valence-corrected chi connectivity index (χ0v) is 19.8. The van der Waals surface area contributed by atoms with Gasteiger partial charge < -0.3 is 9.64 Å². The summed E-state index contributed by atoms with van der Waals surface area (Å²) in [6, 6.07) is 15.6. The van der Waals surface area contributed by atoms with Gasteiger partial charge in [-0.15, -0.1) is 0 Å². The number of aryl methyl sites for hydroxylation is 1. The zero-order valence-electron chi connectivity index (χ0n) is 19.0. The van der Waals surface area contributed by atoms with Crippen LogP contribution < -0.4 is 0 Å². The van der Waals surface area contributed by atoms with Crippen LogP contribution in [0.25, 0.3) is 0 Å². The van der Waals surface area contributed by atoms with E-state index in [2.05, 4.69) is 17.0 Å². The minimum absolute atomic E-state index is 0.0336. The third kappa shape index (κ3) is 7.07. The number of rotatable bonds is 11. The van der Waals surface area contributed by atoms with Gasteiger partial charge in [0.15, 0.2) is 0 Å². The molecule has 0 atom stereocenters. The van der Waals surface area contributed by atoms with Crippen molar-refractivity contribution in [3.63, 3.8) is 0 Å². The van der Waals surface area contributed by atoms with E-state index in [0.29, 0.717) is 13.2 Å². The lowest BCUT2D eigenvalue weighted by Gasteiger charge is -2.35. The van der Waals surface area contributed by atoms with Gasteiger partial charge in [-0.25, -0.2) is 12.8 Å². The Labute approximate surface area is 195 Å². The van der Waals surface area contributed by atoms with Crippen molar-refractivity contribution in [1.82, 2.24) is 14.1 Å². The molecule has 0 spiro atoms. The number of ether oxygens (including phenoxy) is 1. The first-order valence-corrected chi connectivity index (χ1v) is 12.6. The molecule has 33 heavy (non-hydrogen) atoms. The van der Waals surface area contributed by atoms with E-state index in [1.165, 1.54) is 28.1 Å². The summed E-state index contributed by atoms with van der Waals surface area (Å²) in [4.78, 5) is 16.3. The topological polar surface area (TPSA) is 70.2 Å². The van der Waals surface area contributed by atoms with Crippen molar-refractivity contribution in [2.75, 3.05) is 59.5 Å². The Hall–Kier alpha value is -2.33. The molecule has 0 bridgehead atoms. The van der Waals surface area contributed by atoms with Crippen molar-refractivity contribution in [3.8, 4) is 0 Å². The number of amides is 1. The lowest BCUT2D eigenvalue weighted by Crippen LogP contribution is -2.52. The van der Waals surface area contributed by atoms with Crippen LogP contribution in [-0.4, -0.2) is 88.0 Å². The van der Waals surface area contributed by atoms with Crippen LogP contribution in [0, 0.1) is 5.82 Å². The quantitative estimate of drug-likeness (QED) is 0.497. The molecule has 2 aromatic rings. The van der Waals surface area contributed by atoms with Crippen molar-refractivity contribution >= 4 is 15.9 Å². The molecule has 3 rings (SSSR count). The summed E-state index contributed by atoms with van der Waals surface area (Å²) < 4.78 is 46.0. The summed E-state index contributed by atoms with van der Waals surface area (Å²) in [5.41, 5.74) is 1.27. The summed E-state index contributed by atoms with van der Waals surface area (Å²) in [7, 11) is -2.28. The molecule has 0 radical (unpaired) electrons. The second-order valence-corrected chi connectivity index (χ2v) is 9.98. The Kier molecular flexibility index (Phi) is 9.37. The average Bonchev–Trinajstić information content (AvgIpc) is 2.83. The van der Waals surface area contributed by atoms with Crippen LogP contribution in [0.15, 0.2) is 59.5 Å². The first-order valence-electron chi connectivity index (χ1n) is 11.2. The Morgan fingerprint density at radius 3 is 2.33 bits per heavy atom. The van der Waals surface area contributed by atoms with Crippen molar-refractivity contribution in [2.45, 2.75) is 17.7 Å². The maximum atomic E-state index is 14.0. The van der Waals surface area contributed by atoms with Gasteiger partial charge in [-0.05, 0) is 37.1 Å². The fraction of sp³-hybridized carbons (Fsp3) is 0.458. The molecule has 1 heterocycles. The molecule has 0 aliphatic carbocycles. The monoisotopic (exact) mass is 477 g/mol. The lowest BCUT2D eigenvalue weighted by molar-refractivity contribution is -0.133. The summed E-state index contributed by atoms with van der Waals surface area (Å²) in [5, 5.41) is 0. The molecule has 1 saturated heterocycles. The second kappa shape index (κ2) is 12.2. The molecular weight excluding hydrogens is 445 g/mol. The van der Waals surface area contributed by atoms with Gasteiger partial charge in [-0.2, -0.15) is 4.31 Å². The number of benzene rings is 2. The molecule has 0 unspecified atom stereocenters. The maximum absolute atomic E-state index is 14.0. The number of methoxy groups -OCH3 is 1.